The molecule has 0 aromatic heterocycles. The number of para-hydroxylation sites is 3. The van der Waals surface area contributed by atoms with Gasteiger partial charge in [0, 0.05) is 5.56 Å². The molecule has 0 aliphatic rings. The molecule has 0 radical (unpaired) electrons. The summed E-state index contributed by atoms with van der Waals surface area (Å²) in [5.74, 6) is -1.19. The first-order chi connectivity index (χ1) is 13.0. The van der Waals surface area contributed by atoms with E-state index in [1.54, 1.807) is 71.6 Å². The number of carbonyl (C=O) groups is 2. The minimum atomic E-state index is -0.549. The first-order valence-corrected chi connectivity index (χ1v) is 8.36. The van der Waals surface area contributed by atoms with Crippen LogP contribution in [0.2, 0.25) is 0 Å². The Morgan fingerprint density at radius 1 is 0.778 bits per heavy atom. The number of anilines is 3. The standard InChI is InChI=1S/C22H18FNO3/c1-15(25)16-9-3-6-12-19(16)24(21-14-8-5-11-18(21)23)20-13-7-4-10-17(20)22(26)27-2/h3-14H,1-2H3. The fraction of sp³-hybridized carbons (Fsp3) is 0.0909. The van der Waals surface area contributed by atoms with Crippen molar-refractivity contribution in [2.75, 3.05) is 12.0 Å². The molecule has 3 aromatic carbocycles. The second kappa shape index (κ2) is 7.83. The summed E-state index contributed by atoms with van der Waals surface area (Å²) in [6, 6.07) is 19.8. The van der Waals surface area contributed by atoms with Crippen LogP contribution in [-0.2, 0) is 4.74 Å². The van der Waals surface area contributed by atoms with Crippen LogP contribution < -0.4 is 4.90 Å². The lowest BCUT2D eigenvalue weighted by molar-refractivity contribution is 0.0601. The second-order valence-corrected chi connectivity index (χ2v) is 5.87. The van der Waals surface area contributed by atoms with Crippen molar-refractivity contribution in [3.63, 3.8) is 0 Å². The van der Waals surface area contributed by atoms with Crippen molar-refractivity contribution < 1.29 is 18.7 Å². The molecular formula is C22H18FNO3. The Hall–Kier alpha value is -3.47. The van der Waals surface area contributed by atoms with Crippen molar-refractivity contribution in [3.8, 4) is 0 Å². The van der Waals surface area contributed by atoms with E-state index < -0.39 is 11.8 Å². The van der Waals surface area contributed by atoms with E-state index in [-0.39, 0.29) is 17.0 Å². The maximum absolute atomic E-state index is 14.7. The Kier molecular flexibility index (Phi) is 5.31. The fourth-order valence-electron chi connectivity index (χ4n) is 2.94. The highest BCUT2D eigenvalue weighted by Gasteiger charge is 2.24. The molecule has 5 heteroatoms. The maximum atomic E-state index is 14.7. The Morgan fingerprint density at radius 2 is 1.26 bits per heavy atom. The third-order valence-corrected chi connectivity index (χ3v) is 4.17. The molecule has 136 valence electrons. The van der Waals surface area contributed by atoms with Gasteiger partial charge in [-0.05, 0) is 43.3 Å². The van der Waals surface area contributed by atoms with Crippen LogP contribution in [0.15, 0.2) is 72.8 Å². The molecule has 0 atom stereocenters. The number of ether oxygens (including phenoxy) is 1. The van der Waals surface area contributed by atoms with Gasteiger partial charge in [0.15, 0.2) is 5.78 Å². The molecule has 0 saturated heterocycles. The third-order valence-electron chi connectivity index (χ3n) is 4.17. The lowest BCUT2D eigenvalue weighted by Crippen LogP contribution is -2.18. The number of esters is 1. The van der Waals surface area contributed by atoms with Gasteiger partial charge in [0.2, 0.25) is 0 Å². The van der Waals surface area contributed by atoms with Crippen LogP contribution in [0, 0.1) is 5.82 Å². The van der Waals surface area contributed by atoms with Gasteiger partial charge in [-0.3, -0.25) is 4.79 Å². The molecule has 0 unspecified atom stereocenters. The molecule has 4 nitrogen and oxygen atoms in total. The number of ketones is 1. The van der Waals surface area contributed by atoms with Crippen molar-refractivity contribution in [2.45, 2.75) is 6.92 Å². The van der Waals surface area contributed by atoms with Crippen LogP contribution in [0.5, 0.6) is 0 Å². The molecule has 3 rings (SSSR count). The van der Waals surface area contributed by atoms with Crippen LogP contribution in [0.4, 0.5) is 21.5 Å². The Bertz CT molecular complexity index is 1000. The lowest BCUT2D eigenvalue weighted by atomic mass is 10.0. The zero-order valence-corrected chi connectivity index (χ0v) is 15.0. The zero-order chi connectivity index (χ0) is 19.4. The number of rotatable bonds is 5. The van der Waals surface area contributed by atoms with E-state index in [1.165, 1.54) is 20.1 Å². The number of hydrogen-bond donors (Lipinski definition) is 0. The van der Waals surface area contributed by atoms with Gasteiger partial charge in [-0.15, -0.1) is 0 Å². The van der Waals surface area contributed by atoms with E-state index in [2.05, 4.69) is 0 Å². The highest BCUT2D eigenvalue weighted by molar-refractivity contribution is 6.04. The summed E-state index contributed by atoms with van der Waals surface area (Å²) in [6.45, 7) is 1.45. The van der Waals surface area contributed by atoms with Crippen molar-refractivity contribution in [2.24, 2.45) is 0 Å². The SMILES string of the molecule is COC(=O)c1ccccc1N(c1ccccc1F)c1ccccc1C(C)=O. The number of hydrogen-bond acceptors (Lipinski definition) is 4. The lowest BCUT2D eigenvalue weighted by Gasteiger charge is -2.28. The minimum Gasteiger partial charge on any atom is -0.465 e. The summed E-state index contributed by atoms with van der Waals surface area (Å²) < 4.78 is 19.6. The average Bonchev–Trinajstić information content (AvgIpc) is 2.69. The summed E-state index contributed by atoms with van der Waals surface area (Å²) in [7, 11) is 1.29. The fourth-order valence-corrected chi connectivity index (χ4v) is 2.94. The second-order valence-electron chi connectivity index (χ2n) is 5.87. The van der Waals surface area contributed by atoms with Crippen LogP contribution in [-0.4, -0.2) is 18.9 Å². The number of Topliss-reactive ketones (excluding diaryl/α,β-unsaturated/α-hetero) is 1. The third kappa shape index (κ3) is 3.58. The molecule has 0 spiro atoms. The van der Waals surface area contributed by atoms with E-state index in [9.17, 15) is 14.0 Å². The summed E-state index contributed by atoms with van der Waals surface area (Å²) in [5.41, 5.74) is 1.80. The molecule has 0 aliphatic heterocycles. The molecule has 0 bridgehead atoms. The van der Waals surface area contributed by atoms with Gasteiger partial charge in [-0.2, -0.15) is 0 Å². The van der Waals surface area contributed by atoms with Crippen molar-refractivity contribution >= 4 is 28.8 Å². The van der Waals surface area contributed by atoms with Crippen molar-refractivity contribution in [3.05, 3.63) is 89.7 Å². The number of benzene rings is 3. The smallest absolute Gasteiger partial charge is 0.339 e. The van der Waals surface area contributed by atoms with Gasteiger partial charge in [0.1, 0.15) is 5.82 Å². The van der Waals surface area contributed by atoms with Crippen LogP contribution in [0.25, 0.3) is 0 Å². The first kappa shape index (κ1) is 18.3. The predicted molar refractivity (Wildman–Crippen MR) is 102 cm³/mol. The van der Waals surface area contributed by atoms with Gasteiger partial charge >= 0.3 is 5.97 Å². The molecule has 0 heterocycles. The van der Waals surface area contributed by atoms with Crippen LogP contribution in [0.3, 0.4) is 0 Å². The Labute approximate surface area is 156 Å². The van der Waals surface area contributed by atoms with E-state index >= 15 is 0 Å². The highest BCUT2D eigenvalue weighted by Crippen LogP contribution is 2.39. The van der Waals surface area contributed by atoms with E-state index in [0.29, 0.717) is 16.9 Å². The molecule has 0 amide bonds. The number of methoxy groups -OCH3 is 1. The molecule has 0 N–H and O–H groups in total. The molecule has 0 saturated carbocycles. The summed E-state index contributed by atoms with van der Waals surface area (Å²) >= 11 is 0. The Morgan fingerprint density at radius 3 is 1.81 bits per heavy atom. The van der Waals surface area contributed by atoms with Crippen LogP contribution >= 0.6 is 0 Å². The van der Waals surface area contributed by atoms with E-state index in [0.717, 1.165) is 0 Å². The molecule has 0 fully saturated rings. The maximum Gasteiger partial charge on any atom is 0.339 e. The molecule has 3 aromatic rings. The number of halogens is 1. The van der Waals surface area contributed by atoms with Crippen molar-refractivity contribution in [1.82, 2.24) is 0 Å². The van der Waals surface area contributed by atoms with Gasteiger partial charge in [0.05, 0.1) is 29.7 Å². The van der Waals surface area contributed by atoms with Gasteiger partial charge in [-0.25, -0.2) is 9.18 Å². The van der Waals surface area contributed by atoms with Crippen molar-refractivity contribution in [1.29, 1.82) is 0 Å². The molecular weight excluding hydrogens is 345 g/mol. The van der Waals surface area contributed by atoms with E-state index in [1.807, 2.05) is 0 Å². The van der Waals surface area contributed by atoms with Gasteiger partial charge in [-0.1, -0.05) is 36.4 Å². The summed E-state index contributed by atoms with van der Waals surface area (Å²) in [6.07, 6.45) is 0. The van der Waals surface area contributed by atoms with E-state index in [4.69, 9.17) is 4.74 Å². The largest absolute Gasteiger partial charge is 0.465 e. The first-order valence-electron chi connectivity index (χ1n) is 8.36. The summed E-state index contributed by atoms with van der Waals surface area (Å²) in [5, 5.41) is 0. The highest BCUT2D eigenvalue weighted by atomic mass is 19.1. The minimum absolute atomic E-state index is 0.164. The summed E-state index contributed by atoms with van der Waals surface area (Å²) in [4.78, 5) is 26.0. The Balaban J connectivity index is 2.34. The average molecular weight is 363 g/mol. The number of nitrogens with zero attached hydrogens (tertiary/aromatic N) is 1. The van der Waals surface area contributed by atoms with Gasteiger partial charge in [0.25, 0.3) is 0 Å². The van der Waals surface area contributed by atoms with Gasteiger partial charge < -0.3 is 9.64 Å². The normalized spacial score (nSPS) is 10.3. The topological polar surface area (TPSA) is 46.6 Å². The van der Waals surface area contributed by atoms with Crippen LogP contribution in [0.1, 0.15) is 27.6 Å². The molecule has 27 heavy (non-hydrogen) atoms. The monoisotopic (exact) mass is 363 g/mol. The molecule has 0 aliphatic carbocycles. The quantitative estimate of drug-likeness (QED) is 0.457. The predicted octanol–water partition coefficient (Wildman–Crippen LogP) is 5.28. The number of carbonyl (C=O) groups excluding carboxylic acids is 2. The zero-order valence-electron chi connectivity index (χ0n) is 15.0.